The van der Waals surface area contributed by atoms with Crippen molar-refractivity contribution in [1.29, 1.82) is 5.26 Å². The summed E-state index contributed by atoms with van der Waals surface area (Å²) in [5.74, 6) is 0. The molecule has 1 N–H and O–H groups in total. The van der Waals surface area contributed by atoms with Crippen molar-refractivity contribution >= 4 is 11.7 Å². The van der Waals surface area contributed by atoms with E-state index in [1.54, 1.807) is 18.2 Å². The van der Waals surface area contributed by atoms with E-state index in [-0.39, 0.29) is 24.3 Å². The van der Waals surface area contributed by atoms with Crippen LogP contribution < -0.4 is 5.32 Å². The Morgan fingerprint density at radius 1 is 1.36 bits per heavy atom. The van der Waals surface area contributed by atoms with Crippen molar-refractivity contribution in [2.24, 2.45) is 0 Å². The fourth-order valence-electron chi connectivity index (χ4n) is 3.89. The fourth-order valence-corrected chi connectivity index (χ4v) is 3.89. The number of hydrogen-bond acceptors (Lipinski definition) is 4. The Bertz CT molecular complexity index is 647. The van der Waals surface area contributed by atoms with E-state index in [0.717, 1.165) is 39.0 Å². The van der Waals surface area contributed by atoms with E-state index < -0.39 is 0 Å². The Morgan fingerprint density at radius 2 is 2.12 bits per heavy atom. The van der Waals surface area contributed by atoms with E-state index in [9.17, 15) is 4.79 Å². The second kappa shape index (κ2) is 7.85. The van der Waals surface area contributed by atoms with Crippen molar-refractivity contribution in [3.05, 3.63) is 29.8 Å². The highest BCUT2D eigenvalue weighted by Crippen LogP contribution is 2.22. The lowest BCUT2D eigenvalue weighted by Gasteiger charge is -2.38. The second-order valence-corrected chi connectivity index (χ2v) is 7.09. The van der Waals surface area contributed by atoms with Crippen molar-refractivity contribution in [2.45, 2.75) is 44.9 Å². The smallest absolute Gasteiger partial charge is 0.322 e. The van der Waals surface area contributed by atoms with Gasteiger partial charge in [0, 0.05) is 37.9 Å². The average molecular weight is 342 g/mol. The molecule has 0 bridgehead atoms. The lowest BCUT2D eigenvalue weighted by atomic mass is 10.1. The Labute approximate surface area is 149 Å². The molecular formula is C19H26N4O2. The molecule has 25 heavy (non-hydrogen) atoms. The molecule has 6 heteroatoms. The third kappa shape index (κ3) is 4.50. The van der Waals surface area contributed by atoms with E-state index in [1.807, 2.05) is 11.0 Å². The molecule has 2 heterocycles. The molecule has 3 rings (SSSR count). The number of nitriles is 1. The summed E-state index contributed by atoms with van der Waals surface area (Å²) in [5, 5.41) is 11.9. The molecule has 0 aromatic heterocycles. The normalized spacial score (nSPS) is 27.1. The first-order valence-corrected chi connectivity index (χ1v) is 9.00. The molecule has 6 nitrogen and oxygen atoms in total. The lowest BCUT2D eigenvalue weighted by molar-refractivity contribution is -0.0712. The molecule has 0 aliphatic carbocycles. The molecule has 2 aliphatic rings. The third-order valence-electron chi connectivity index (χ3n) is 4.85. The van der Waals surface area contributed by atoms with Gasteiger partial charge < -0.3 is 15.0 Å². The quantitative estimate of drug-likeness (QED) is 0.917. The number of amides is 2. The van der Waals surface area contributed by atoms with Crippen LogP contribution in [0.3, 0.4) is 0 Å². The van der Waals surface area contributed by atoms with E-state index in [2.05, 4.69) is 30.1 Å². The summed E-state index contributed by atoms with van der Waals surface area (Å²) >= 11 is 0. The van der Waals surface area contributed by atoms with E-state index in [0.29, 0.717) is 11.3 Å². The van der Waals surface area contributed by atoms with Crippen LogP contribution in [0.5, 0.6) is 0 Å². The monoisotopic (exact) mass is 342 g/mol. The van der Waals surface area contributed by atoms with E-state index in [1.165, 1.54) is 0 Å². The molecule has 0 unspecified atom stereocenters. The van der Waals surface area contributed by atoms with Crippen molar-refractivity contribution < 1.29 is 9.53 Å². The highest BCUT2D eigenvalue weighted by molar-refractivity contribution is 5.89. The van der Waals surface area contributed by atoms with Gasteiger partial charge in [-0.15, -0.1) is 0 Å². The Kier molecular flexibility index (Phi) is 5.57. The first kappa shape index (κ1) is 17.7. The molecule has 2 aliphatic heterocycles. The highest BCUT2D eigenvalue weighted by atomic mass is 16.5. The minimum atomic E-state index is -0.0769. The summed E-state index contributed by atoms with van der Waals surface area (Å²) in [5.41, 5.74) is 1.22. The van der Waals surface area contributed by atoms with Crippen LogP contribution in [0.4, 0.5) is 10.5 Å². The van der Waals surface area contributed by atoms with Crippen LogP contribution in [0.2, 0.25) is 0 Å². The van der Waals surface area contributed by atoms with Crippen LogP contribution in [0, 0.1) is 11.3 Å². The largest absolute Gasteiger partial charge is 0.373 e. The first-order chi connectivity index (χ1) is 12.0. The molecule has 134 valence electrons. The SMILES string of the molecule is C[C@@H]1CN(C[C@H]2CCCN2C(=O)Nc2cccc(C#N)c2)C[C@@H](C)O1. The number of morpholine rings is 1. The van der Waals surface area contributed by atoms with Gasteiger partial charge in [-0.1, -0.05) is 6.07 Å². The summed E-state index contributed by atoms with van der Waals surface area (Å²) < 4.78 is 5.80. The zero-order valence-electron chi connectivity index (χ0n) is 14.9. The molecule has 2 fully saturated rings. The van der Waals surface area contributed by atoms with Crippen LogP contribution in [-0.4, -0.2) is 60.3 Å². The van der Waals surface area contributed by atoms with E-state index >= 15 is 0 Å². The number of nitrogens with zero attached hydrogens (tertiary/aromatic N) is 3. The van der Waals surface area contributed by atoms with Gasteiger partial charge in [0.25, 0.3) is 0 Å². The van der Waals surface area contributed by atoms with Crippen molar-refractivity contribution in [3.8, 4) is 6.07 Å². The number of benzene rings is 1. The van der Waals surface area contributed by atoms with Crippen LogP contribution in [0.15, 0.2) is 24.3 Å². The maximum Gasteiger partial charge on any atom is 0.322 e. The van der Waals surface area contributed by atoms with Crippen LogP contribution in [0.1, 0.15) is 32.3 Å². The molecule has 0 spiro atoms. The topological polar surface area (TPSA) is 68.6 Å². The molecule has 1 aromatic carbocycles. The highest BCUT2D eigenvalue weighted by Gasteiger charge is 2.32. The Morgan fingerprint density at radius 3 is 2.84 bits per heavy atom. The molecule has 2 saturated heterocycles. The van der Waals surface area contributed by atoms with Gasteiger partial charge in [-0.05, 0) is 44.9 Å². The maximum absolute atomic E-state index is 12.7. The number of carbonyl (C=O) groups is 1. The predicted octanol–water partition coefficient (Wildman–Crippen LogP) is 2.66. The van der Waals surface area contributed by atoms with Gasteiger partial charge in [0.2, 0.25) is 0 Å². The molecule has 1 aromatic rings. The molecule has 2 amide bonds. The summed E-state index contributed by atoms with van der Waals surface area (Å²) in [6.45, 7) is 7.71. The summed E-state index contributed by atoms with van der Waals surface area (Å²) in [7, 11) is 0. The standard InChI is InChI=1S/C19H26N4O2/c1-14-11-22(12-15(2)25-14)13-18-7-4-8-23(18)19(24)21-17-6-3-5-16(9-17)10-20/h3,5-6,9,14-15,18H,4,7-8,11-13H2,1-2H3,(H,21,24)/t14-,15-,18-/m1/s1. The number of nitrogens with one attached hydrogen (secondary N) is 1. The number of carbonyl (C=O) groups excluding carboxylic acids is 1. The summed E-state index contributed by atoms with van der Waals surface area (Å²) in [6.07, 6.45) is 2.54. The van der Waals surface area contributed by atoms with Crippen molar-refractivity contribution in [1.82, 2.24) is 9.80 Å². The van der Waals surface area contributed by atoms with Gasteiger partial charge in [0.15, 0.2) is 0 Å². The van der Waals surface area contributed by atoms with Gasteiger partial charge in [-0.3, -0.25) is 4.90 Å². The molecule has 3 atom stereocenters. The molecule has 0 radical (unpaired) electrons. The Hall–Kier alpha value is -2.10. The van der Waals surface area contributed by atoms with Gasteiger partial charge in [-0.25, -0.2) is 4.79 Å². The summed E-state index contributed by atoms with van der Waals surface area (Å²) in [6, 6.07) is 9.29. The summed E-state index contributed by atoms with van der Waals surface area (Å²) in [4.78, 5) is 17.0. The number of urea groups is 1. The van der Waals surface area contributed by atoms with Gasteiger partial charge in [-0.2, -0.15) is 5.26 Å². The predicted molar refractivity (Wildman–Crippen MR) is 96.4 cm³/mol. The van der Waals surface area contributed by atoms with Gasteiger partial charge >= 0.3 is 6.03 Å². The van der Waals surface area contributed by atoms with Crippen LogP contribution >= 0.6 is 0 Å². The first-order valence-electron chi connectivity index (χ1n) is 9.00. The molecule has 0 saturated carbocycles. The zero-order chi connectivity index (χ0) is 17.8. The van der Waals surface area contributed by atoms with Gasteiger partial charge in [0.1, 0.15) is 0 Å². The zero-order valence-corrected chi connectivity index (χ0v) is 14.9. The van der Waals surface area contributed by atoms with Crippen molar-refractivity contribution in [2.75, 3.05) is 31.5 Å². The number of hydrogen-bond donors (Lipinski definition) is 1. The van der Waals surface area contributed by atoms with Gasteiger partial charge in [0.05, 0.1) is 23.8 Å². The number of likely N-dealkylation sites (tertiary alicyclic amines) is 1. The number of anilines is 1. The van der Waals surface area contributed by atoms with Crippen molar-refractivity contribution in [3.63, 3.8) is 0 Å². The number of ether oxygens (including phenoxy) is 1. The molecular weight excluding hydrogens is 316 g/mol. The average Bonchev–Trinajstić information content (AvgIpc) is 3.02. The minimum Gasteiger partial charge on any atom is -0.373 e. The number of rotatable bonds is 3. The third-order valence-corrected chi connectivity index (χ3v) is 4.85. The maximum atomic E-state index is 12.7. The fraction of sp³-hybridized carbons (Fsp3) is 0.579. The van der Waals surface area contributed by atoms with Crippen LogP contribution in [0.25, 0.3) is 0 Å². The van der Waals surface area contributed by atoms with Crippen LogP contribution in [-0.2, 0) is 4.74 Å². The minimum absolute atomic E-state index is 0.0769. The van der Waals surface area contributed by atoms with E-state index in [4.69, 9.17) is 10.00 Å². The Balaban J connectivity index is 1.60. The second-order valence-electron chi connectivity index (χ2n) is 7.09. The lowest BCUT2D eigenvalue weighted by Crippen LogP contribution is -2.51.